The van der Waals surface area contributed by atoms with Gasteiger partial charge in [-0.05, 0) is 92.9 Å². The van der Waals surface area contributed by atoms with Crippen molar-refractivity contribution in [3.63, 3.8) is 0 Å². The van der Waals surface area contributed by atoms with Crippen molar-refractivity contribution in [1.29, 1.82) is 0 Å². The number of amides is 1. The molecule has 0 aliphatic carbocycles. The fourth-order valence-corrected chi connectivity index (χ4v) is 6.25. The van der Waals surface area contributed by atoms with Crippen LogP contribution in [0.3, 0.4) is 0 Å². The van der Waals surface area contributed by atoms with Gasteiger partial charge in [-0.3, -0.25) is 9.59 Å². The minimum atomic E-state index is -0.179. The summed E-state index contributed by atoms with van der Waals surface area (Å²) < 4.78 is 6.72. The van der Waals surface area contributed by atoms with Crippen LogP contribution >= 0.6 is 35.8 Å². The number of halogens is 2. The number of carbonyl (C=O) groups is 1. The molecule has 2 heterocycles. The summed E-state index contributed by atoms with van der Waals surface area (Å²) in [5.74, 6) is 0.817. The number of piperidine rings is 1. The number of aromatic nitrogens is 2. The van der Waals surface area contributed by atoms with Gasteiger partial charge in [0.25, 0.3) is 5.56 Å². The van der Waals surface area contributed by atoms with Gasteiger partial charge >= 0.3 is 0 Å². The summed E-state index contributed by atoms with van der Waals surface area (Å²) in [7, 11) is 1.60. The van der Waals surface area contributed by atoms with Crippen molar-refractivity contribution in [3.8, 4) is 11.4 Å². The average molecular weight is 640 g/mol. The molecule has 226 valence electrons. The lowest BCUT2D eigenvalue weighted by molar-refractivity contribution is -0.127. The minimum Gasteiger partial charge on any atom is -0.497 e. The van der Waals surface area contributed by atoms with Gasteiger partial charge in [0.15, 0.2) is 0 Å². The first-order valence-electron chi connectivity index (χ1n) is 14.2. The molecular formula is C33H36Cl2N4O3S. The Hall–Kier alpha value is -3.30. The van der Waals surface area contributed by atoms with E-state index in [1.165, 1.54) is 22.0 Å². The molecule has 0 bridgehead atoms. The van der Waals surface area contributed by atoms with Gasteiger partial charge in [0.05, 0.1) is 12.8 Å². The molecule has 1 aromatic heterocycles. The molecule has 1 amide bonds. The van der Waals surface area contributed by atoms with Crippen LogP contribution in [0.2, 0.25) is 5.02 Å². The highest BCUT2D eigenvalue weighted by Crippen LogP contribution is 2.30. The summed E-state index contributed by atoms with van der Waals surface area (Å²) in [4.78, 5) is 28.0. The first kappa shape index (κ1) is 32.6. The third kappa shape index (κ3) is 8.42. The van der Waals surface area contributed by atoms with Crippen molar-refractivity contribution in [2.75, 3.05) is 20.2 Å². The standard InChI is InChI=1S/C33H35ClN4O3S.ClH/c1-22(36-32(39)29-18-19-35-21-30(29)23-6-4-3-5-7-23)8-9-24-20-31(42-28-16-10-25(34)11-17-28)37-38(33(24)40)26-12-14-27(41-2)15-13-26;/h3-7,10-17,20,22,29-30,35H,8-9,18-19,21H2,1-2H3,(H,36,39);1H/t22-,29+,30-;/m1./s1. The second kappa shape index (κ2) is 15.4. The van der Waals surface area contributed by atoms with Gasteiger partial charge in [0, 0.05) is 39.9 Å². The molecule has 0 saturated carbocycles. The molecule has 0 radical (unpaired) electrons. The monoisotopic (exact) mass is 638 g/mol. The van der Waals surface area contributed by atoms with Crippen molar-refractivity contribution in [2.24, 2.45) is 5.92 Å². The maximum absolute atomic E-state index is 13.6. The molecule has 7 nitrogen and oxygen atoms in total. The molecule has 3 aromatic carbocycles. The summed E-state index contributed by atoms with van der Waals surface area (Å²) in [5.41, 5.74) is 2.29. The van der Waals surface area contributed by atoms with Crippen molar-refractivity contribution in [1.82, 2.24) is 20.4 Å². The number of nitrogens with one attached hydrogen (secondary N) is 2. The second-order valence-electron chi connectivity index (χ2n) is 10.5. The first-order chi connectivity index (χ1) is 20.4. The van der Waals surface area contributed by atoms with Crippen LogP contribution in [-0.4, -0.2) is 41.9 Å². The van der Waals surface area contributed by atoms with Crippen molar-refractivity contribution in [2.45, 2.75) is 48.1 Å². The predicted molar refractivity (Wildman–Crippen MR) is 175 cm³/mol. The molecule has 1 aliphatic heterocycles. The summed E-state index contributed by atoms with van der Waals surface area (Å²) in [6.07, 6.45) is 1.92. The molecule has 0 unspecified atom stereocenters. The lowest BCUT2D eigenvalue weighted by atomic mass is 9.80. The van der Waals surface area contributed by atoms with Gasteiger partial charge in [-0.2, -0.15) is 9.78 Å². The van der Waals surface area contributed by atoms with Crippen LogP contribution in [0.15, 0.2) is 99.6 Å². The third-order valence-corrected chi connectivity index (χ3v) is 8.77. The molecule has 2 N–H and O–H groups in total. The SMILES string of the molecule is COc1ccc(-n2nc(Sc3ccc(Cl)cc3)cc(CC[C@@H](C)NC(=O)[C@H]3CCNC[C@@H]3c3ccccc3)c2=O)cc1.Cl. The number of ether oxygens (including phenoxy) is 1. The zero-order chi connectivity index (χ0) is 29.5. The van der Waals surface area contributed by atoms with Crippen LogP contribution in [0.1, 0.15) is 36.8 Å². The highest BCUT2D eigenvalue weighted by atomic mass is 35.5. The zero-order valence-electron chi connectivity index (χ0n) is 24.2. The second-order valence-corrected chi connectivity index (χ2v) is 12.1. The molecule has 5 rings (SSSR count). The van der Waals surface area contributed by atoms with E-state index in [2.05, 4.69) is 27.9 Å². The lowest BCUT2D eigenvalue weighted by Gasteiger charge is -2.32. The largest absolute Gasteiger partial charge is 0.497 e. The molecule has 3 atom stereocenters. The average Bonchev–Trinajstić information content (AvgIpc) is 3.02. The van der Waals surface area contributed by atoms with Gasteiger partial charge in [-0.25, -0.2) is 0 Å². The number of benzene rings is 3. The Balaban J connectivity index is 0.00000423. The summed E-state index contributed by atoms with van der Waals surface area (Å²) in [6.45, 7) is 3.61. The topological polar surface area (TPSA) is 85.2 Å². The van der Waals surface area contributed by atoms with E-state index in [0.717, 1.165) is 24.4 Å². The van der Waals surface area contributed by atoms with Gasteiger partial charge in [-0.15, -0.1) is 12.4 Å². The van der Waals surface area contributed by atoms with E-state index in [-0.39, 0.29) is 41.8 Å². The molecule has 1 saturated heterocycles. The number of nitrogens with zero attached hydrogens (tertiary/aromatic N) is 2. The van der Waals surface area contributed by atoms with E-state index in [4.69, 9.17) is 16.3 Å². The van der Waals surface area contributed by atoms with Crippen LogP contribution < -0.4 is 20.9 Å². The lowest BCUT2D eigenvalue weighted by Crippen LogP contribution is -2.45. The Morgan fingerprint density at radius 3 is 2.53 bits per heavy atom. The summed E-state index contributed by atoms with van der Waals surface area (Å²) >= 11 is 7.54. The van der Waals surface area contributed by atoms with Crippen LogP contribution in [0, 0.1) is 5.92 Å². The van der Waals surface area contributed by atoms with Gasteiger partial charge < -0.3 is 15.4 Å². The molecule has 1 fully saturated rings. The van der Waals surface area contributed by atoms with Crippen LogP contribution in [-0.2, 0) is 11.2 Å². The summed E-state index contributed by atoms with van der Waals surface area (Å²) in [6, 6.07) is 26.8. The number of hydrogen-bond donors (Lipinski definition) is 2. The quantitative estimate of drug-likeness (QED) is 0.212. The van der Waals surface area contributed by atoms with Gasteiger partial charge in [0.1, 0.15) is 10.8 Å². The molecule has 1 aliphatic rings. The van der Waals surface area contributed by atoms with Crippen molar-refractivity contribution >= 4 is 41.7 Å². The van der Waals surface area contributed by atoms with E-state index < -0.39 is 0 Å². The van der Waals surface area contributed by atoms with E-state index >= 15 is 0 Å². The number of hydrogen-bond acceptors (Lipinski definition) is 6. The minimum absolute atomic E-state index is 0. The van der Waals surface area contributed by atoms with E-state index in [0.29, 0.717) is 39.9 Å². The molecule has 4 aromatic rings. The number of rotatable bonds is 10. The normalized spacial score (nSPS) is 17.0. The van der Waals surface area contributed by atoms with Gasteiger partial charge in [0.2, 0.25) is 5.91 Å². The fourth-order valence-electron chi connectivity index (χ4n) is 5.29. The van der Waals surface area contributed by atoms with Crippen molar-refractivity contribution in [3.05, 3.63) is 111 Å². The Morgan fingerprint density at radius 1 is 1.12 bits per heavy atom. The van der Waals surface area contributed by atoms with Crippen LogP contribution in [0.25, 0.3) is 5.69 Å². The number of methoxy groups -OCH3 is 1. The Bertz CT molecular complexity index is 1550. The van der Waals surface area contributed by atoms with Crippen LogP contribution in [0.4, 0.5) is 0 Å². The first-order valence-corrected chi connectivity index (χ1v) is 15.4. The maximum atomic E-state index is 13.6. The highest BCUT2D eigenvalue weighted by molar-refractivity contribution is 7.99. The predicted octanol–water partition coefficient (Wildman–Crippen LogP) is 6.30. The Morgan fingerprint density at radius 2 is 1.84 bits per heavy atom. The molecular weight excluding hydrogens is 603 g/mol. The van der Waals surface area contributed by atoms with Gasteiger partial charge in [-0.1, -0.05) is 53.7 Å². The fraction of sp³-hybridized carbons (Fsp3) is 0.303. The van der Waals surface area contributed by atoms with E-state index in [1.54, 1.807) is 7.11 Å². The number of carbonyl (C=O) groups excluding carboxylic acids is 1. The number of aryl methyl sites for hydroxylation is 1. The van der Waals surface area contributed by atoms with Crippen molar-refractivity contribution < 1.29 is 9.53 Å². The summed E-state index contributed by atoms with van der Waals surface area (Å²) in [5, 5.41) is 12.7. The third-order valence-electron chi connectivity index (χ3n) is 7.60. The van der Waals surface area contributed by atoms with Crippen LogP contribution in [0.5, 0.6) is 5.75 Å². The molecule has 0 spiro atoms. The highest BCUT2D eigenvalue weighted by Gasteiger charge is 2.32. The molecule has 43 heavy (non-hydrogen) atoms. The Labute approximate surface area is 267 Å². The smallest absolute Gasteiger partial charge is 0.274 e. The Kier molecular flexibility index (Phi) is 11.7. The zero-order valence-corrected chi connectivity index (χ0v) is 26.6. The van der Waals surface area contributed by atoms with E-state index in [9.17, 15) is 9.59 Å². The van der Waals surface area contributed by atoms with E-state index in [1.807, 2.05) is 79.7 Å². The maximum Gasteiger partial charge on any atom is 0.274 e. The molecule has 10 heteroatoms.